The molecule has 0 aromatic carbocycles. The number of aliphatic hydroxyl groups is 1. The van der Waals surface area contributed by atoms with Gasteiger partial charge in [-0.2, -0.15) is 13.2 Å². The molecule has 0 aliphatic carbocycles. The van der Waals surface area contributed by atoms with Gasteiger partial charge in [0.2, 0.25) is 5.91 Å². The summed E-state index contributed by atoms with van der Waals surface area (Å²) in [5.41, 5.74) is 0. The Morgan fingerprint density at radius 1 is 1.54 bits per heavy atom. The standard InChI is InChI=1S/C7H10F3NO2/c8-7(9,10)2-5-1-6(13)11(3-5)4-12/h5,12H,1-4H2/t5-/m1/s1. The molecule has 0 spiro atoms. The Morgan fingerprint density at radius 3 is 2.54 bits per heavy atom. The second-order valence-electron chi connectivity index (χ2n) is 3.15. The van der Waals surface area contributed by atoms with Crippen molar-refractivity contribution in [3.8, 4) is 0 Å². The van der Waals surface area contributed by atoms with E-state index in [1.54, 1.807) is 0 Å². The van der Waals surface area contributed by atoms with Gasteiger partial charge in [-0.1, -0.05) is 0 Å². The Hall–Kier alpha value is -0.780. The van der Waals surface area contributed by atoms with Crippen molar-refractivity contribution >= 4 is 5.91 Å². The lowest BCUT2D eigenvalue weighted by Crippen LogP contribution is -2.26. The molecule has 1 fully saturated rings. The molecule has 1 aliphatic rings. The van der Waals surface area contributed by atoms with Crippen molar-refractivity contribution in [3.63, 3.8) is 0 Å². The second kappa shape index (κ2) is 3.53. The minimum Gasteiger partial charge on any atom is -0.376 e. The number of likely N-dealkylation sites (tertiary alicyclic amines) is 1. The highest BCUT2D eigenvalue weighted by atomic mass is 19.4. The van der Waals surface area contributed by atoms with Gasteiger partial charge in [0.1, 0.15) is 6.73 Å². The Labute approximate surface area is 73.1 Å². The Kier molecular flexibility index (Phi) is 2.80. The van der Waals surface area contributed by atoms with E-state index in [9.17, 15) is 18.0 Å². The minimum atomic E-state index is -4.23. The van der Waals surface area contributed by atoms with Crippen LogP contribution in [0.25, 0.3) is 0 Å². The summed E-state index contributed by atoms with van der Waals surface area (Å²) >= 11 is 0. The molecule has 0 bridgehead atoms. The van der Waals surface area contributed by atoms with Crippen LogP contribution in [0.2, 0.25) is 0 Å². The molecule has 1 heterocycles. The molecule has 76 valence electrons. The summed E-state index contributed by atoms with van der Waals surface area (Å²) in [6.07, 6.45) is -5.29. The Balaban J connectivity index is 2.45. The molecule has 0 radical (unpaired) electrons. The smallest absolute Gasteiger partial charge is 0.376 e. The van der Waals surface area contributed by atoms with Crippen LogP contribution in [0.15, 0.2) is 0 Å². The quantitative estimate of drug-likeness (QED) is 0.709. The van der Waals surface area contributed by atoms with E-state index < -0.39 is 31.2 Å². The predicted molar refractivity (Wildman–Crippen MR) is 37.6 cm³/mol. The van der Waals surface area contributed by atoms with Gasteiger partial charge in [0.05, 0.1) is 0 Å². The highest BCUT2D eigenvalue weighted by molar-refractivity contribution is 5.78. The number of nitrogens with zero attached hydrogens (tertiary/aromatic N) is 1. The van der Waals surface area contributed by atoms with Gasteiger partial charge in [-0.05, 0) is 5.92 Å². The van der Waals surface area contributed by atoms with Gasteiger partial charge in [-0.25, -0.2) is 0 Å². The van der Waals surface area contributed by atoms with E-state index in [2.05, 4.69) is 0 Å². The van der Waals surface area contributed by atoms with Crippen LogP contribution < -0.4 is 0 Å². The molecule has 1 atom stereocenters. The third-order valence-electron chi connectivity index (χ3n) is 1.99. The molecule has 0 aromatic rings. The molecular weight excluding hydrogens is 187 g/mol. The van der Waals surface area contributed by atoms with E-state index in [0.717, 1.165) is 4.90 Å². The van der Waals surface area contributed by atoms with Crippen LogP contribution in [-0.4, -0.2) is 35.4 Å². The lowest BCUT2D eigenvalue weighted by Gasteiger charge is -2.13. The van der Waals surface area contributed by atoms with E-state index in [1.807, 2.05) is 0 Å². The summed E-state index contributed by atoms with van der Waals surface area (Å²) in [5.74, 6) is -1.10. The van der Waals surface area contributed by atoms with Crippen LogP contribution in [0.5, 0.6) is 0 Å². The number of alkyl halides is 3. The lowest BCUT2D eigenvalue weighted by atomic mass is 10.1. The van der Waals surface area contributed by atoms with E-state index >= 15 is 0 Å². The Morgan fingerprint density at radius 2 is 2.15 bits per heavy atom. The van der Waals surface area contributed by atoms with Crippen molar-refractivity contribution in [2.24, 2.45) is 5.92 Å². The molecule has 0 aromatic heterocycles. The van der Waals surface area contributed by atoms with Gasteiger partial charge in [0.15, 0.2) is 0 Å². The van der Waals surface area contributed by atoms with Crippen molar-refractivity contribution in [3.05, 3.63) is 0 Å². The van der Waals surface area contributed by atoms with E-state index in [1.165, 1.54) is 0 Å². The lowest BCUT2D eigenvalue weighted by molar-refractivity contribution is -0.143. The minimum absolute atomic E-state index is 0.00877. The SMILES string of the molecule is O=C1C[C@H](CC(F)(F)F)CN1CO. The highest BCUT2D eigenvalue weighted by Crippen LogP contribution is 2.30. The van der Waals surface area contributed by atoms with E-state index in [4.69, 9.17) is 5.11 Å². The number of hydrogen-bond donors (Lipinski definition) is 1. The molecule has 1 N–H and O–H groups in total. The van der Waals surface area contributed by atoms with Crippen LogP contribution in [0.4, 0.5) is 13.2 Å². The number of rotatable bonds is 2. The Bertz CT molecular complexity index is 204. The summed E-state index contributed by atoms with van der Waals surface area (Å²) in [7, 11) is 0. The number of halogens is 3. The predicted octanol–water partition coefficient (Wildman–Crippen LogP) is 0.737. The third-order valence-corrected chi connectivity index (χ3v) is 1.99. The van der Waals surface area contributed by atoms with Gasteiger partial charge >= 0.3 is 6.18 Å². The fraction of sp³-hybridized carbons (Fsp3) is 0.857. The zero-order valence-corrected chi connectivity index (χ0v) is 6.84. The topological polar surface area (TPSA) is 40.5 Å². The van der Waals surface area contributed by atoms with Crippen LogP contribution in [0.1, 0.15) is 12.8 Å². The molecule has 3 nitrogen and oxygen atoms in total. The summed E-state index contributed by atoms with van der Waals surface area (Å²) in [4.78, 5) is 11.9. The zero-order chi connectivity index (χ0) is 10.1. The van der Waals surface area contributed by atoms with Crippen molar-refractivity contribution in [2.75, 3.05) is 13.3 Å². The third kappa shape index (κ3) is 2.87. The van der Waals surface area contributed by atoms with Crippen molar-refractivity contribution in [2.45, 2.75) is 19.0 Å². The number of aliphatic hydroxyl groups excluding tert-OH is 1. The number of carbonyl (C=O) groups excluding carboxylic acids is 1. The molecular formula is C7H10F3NO2. The molecule has 1 rings (SSSR count). The molecule has 1 saturated heterocycles. The van der Waals surface area contributed by atoms with Crippen molar-refractivity contribution in [1.82, 2.24) is 4.90 Å². The molecule has 1 aliphatic heterocycles. The van der Waals surface area contributed by atoms with E-state index in [0.29, 0.717) is 0 Å². The first-order chi connectivity index (χ1) is 5.92. The number of carbonyl (C=O) groups is 1. The average molecular weight is 197 g/mol. The molecule has 0 saturated carbocycles. The fourth-order valence-electron chi connectivity index (χ4n) is 1.45. The maximum absolute atomic E-state index is 11.9. The number of amides is 1. The van der Waals surface area contributed by atoms with E-state index in [-0.39, 0.29) is 13.0 Å². The monoisotopic (exact) mass is 197 g/mol. The maximum Gasteiger partial charge on any atom is 0.389 e. The maximum atomic E-state index is 11.9. The molecule has 6 heteroatoms. The van der Waals surface area contributed by atoms with Crippen LogP contribution in [0, 0.1) is 5.92 Å². The van der Waals surface area contributed by atoms with Crippen molar-refractivity contribution < 1.29 is 23.1 Å². The average Bonchev–Trinajstić information content (AvgIpc) is 2.26. The van der Waals surface area contributed by atoms with Crippen molar-refractivity contribution in [1.29, 1.82) is 0 Å². The van der Waals surface area contributed by atoms with Crippen LogP contribution in [0.3, 0.4) is 0 Å². The molecule has 1 amide bonds. The normalized spacial score (nSPS) is 24.2. The first-order valence-corrected chi connectivity index (χ1v) is 3.88. The number of hydrogen-bond acceptors (Lipinski definition) is 2. The first-order valence-electron chi connectivity index (χ1n) is 3.88. The summed E-state index contributed by atoms with van der Waals surface area (Å²) in [6.45, 7) is -0.484. The fourth-order valence-corrected chi connectivity index (χ4v) is 1.45. The zero-order valence-electron chi connectivity index (χ0n) is 6.84. The first kappa shape index (κ1) is 10.3. The van der Waals surface area contributed by atoms with Gasteiger partial charge < -0.3 is 10.0 Å². The van der Waals surface area contributed by atoms with Gasteiger partial charge in [0.25, 0.3) is 0 Å². The highest BCUT2D eigenvalue weighted by Gasteiger charge is 2.38. The summed E-state index contributed by atoms with van der Waals surface area (Å²) < 4.78 is 35.6. The molecule has 13 heavy (non-hydrogen) atoms. The van der Waals surface area contributed by atoms with Crippen LogP contribution in [-0.2, 0) is 4.79 Å². The largest absolute Gasteiger partial charge is 0.389 e. The van der Waals surface area contributed by atoms with Gasteiger partial charge in [0, 0.05) is 19.4 Å². The summed E-state index contributed by atoms with van der Waals surface area (Å²) in [6, 6.07) is 0. The van der Waals surface area contributed by atoms with Gasteiger partial charge in [-0.15, -0.1) is 0 Å². The van der Waals surface area contributed by atoms with Crippen LogP contribution >= 0.6 is 0 Å². The second-order valence-corrected chi connectivity index (χ2v) is 3.15. The molecule has 0 unspecified atom stereocenters. The summed E-state index contributed by atoms with van der Waals surface area (Å²) in [5, 5.41) is 8.58. The van der Waals surface area contributed by atoms with Gasteiger partial charge in [-0.3, -0.25) is 4.79 Å².